The van der Waals surface area contributed by atoms with Crippen molar-refractivity contribution in [2.45, 2.75) is 19.1 Å². The van der Waals surface area contributed by atoms with Gasteiger partial charge >= 0.3 is 6.18 Å². The van der Waals surface area contributed by atoms with Gasteiger partial charge in [-0.2, -0.15) is 13.2 Å². The van der Waals surface area contributed by atoms with Gasteiger partial charge in [-0.1, -0.05) is 40.2 Å². The zero-order valence-corrected chi connectivity index (χ0v) is 17.2. The van der Waals surface area contributed by atoms with Gasteiger partial charge in [0.1, 0.15) is 5.01 Å². The van der Waals surface area contributed by atoms with Gasteiger partial charge in [0, 0.05) is 29.0 Å². The molecule has 146 valence electrons. The van der Waals surface area contributed by atoms with Crippen LogP contribution in [0.1, 0.15) is 16.8 Å². The Kier molecular flexibility index (Phi) is 6.20. The van der Waals surface area contributed by atoms with Crippen molar-refractivity contribution in [1.82, 2.24) is 9.88 Å². The number of hydrogen-bond acceptors (Lipinski definition) is 3. The zero-order chi connectivity index (χ0) is 20.3. The van der Waals surface area contributed by atoms with Gasteiger partial charge in [0.05, 0.1) is 17.7 Å². The quantitative estimate of drug-likeness (QED) is 0.474. The molecule has 0 aliphatic heterocycles. The molecule has 0 unspecified atom stereocenters. The van der Waals surface area contributed by atoms with E-state index in [-0.39, 0.29) is 18.9 Å². The fraction of sp³-hybridized carbons (Fsp3) is 0.200. The minimum atomic E-state index is -4.36. The van der Waals surface area contributed by atoms with Gasteiger partial charge in [-0.25, -0.2) is 4.98 Å². The van der Waals surface area contributed by atoms with Crippen molar-refractivity contribution in [2.24, 2.45) is 0 Å². The number of alkyl halides is 3. The van der Waals surface area contributed by atoms with Crippen LogP contribution in [0.15, 0.2) is 58.4 Å². The van der Waals surface area contributed by atoms with E-state index < -0.39 is 11.7 Å². The Hall–Kier alpha value is -2.19. The first kappa shape index (κ1) is 20.5. The van der Waals surface area contributed by atoms with Gasteiger partial charge in [0.25, 0.3) is 0 Å². The highest BCUT2D eigenvalue weighted by Crippen LogP contribution is 2.29. The van der Waals surface area contributed by atoms with Gasteiger partial charge < -0.3 is 4.90 Å². The molecular weight excluding hydrogens is 453 g/mol. The summed E-state index contributed by atoms with van der Waals surface area (Å²) in [5, 5.41) is 2.68. The zero-order valence-electron chi connectivity index (χ0n) is 14.8. The van der Waals surface area contributed by atoms with Crippen molar-refractivity contribution in [3.8, 4) is 10.6 Å². The van der Waals surface area contributed by atoms with Crippen LogP contribution in [-0.2, 0) is 23.9 Å². The number of carbonyl (C=O) groups is 1. The highest BCUT2D eigenvalue weighted by Gasteiger charge is 2.30. The summed E-state index contributed by atoms with van der Waals surface area (Å²) in [4.78, 5) is 18.4. The van der Waals surface area contributed by atoms with Crippen LogP contribution in [0.4, 0.5) is 13.2 Å². The van der Waals surface area contributed by atoms with E-state index in [2.05, 4.69) is 20.9 Å². The summed E-state index contributed by atoms with van der Waals surface area (Å²) in [6.07, 6.45) is -4.22. The van der Waals surface area contributed by atoms with Crippen LogP contribution in [0, 0.1) is 0 Å². The molecule has 28 heavy (non-hydrogen) atoms. The highest BCUT2D eigenvalue weighted by atomic mass is 79.9. The van der Waals surface area contributed by atoms with E-state index in [4.69, 9.17) is 0 Å². The Bertz CT molecular complexity index is 970. The summed E-state index contributed by atoms with van der Waals surface area (Å²) < 4.78 is 38.8. The van der Waals surface area contributed by atoms with Crippen molar-refractivity contribution in [3.63, 3.8) is 0 Å². The van der Waals surface area contributed by atoms with E-state index in [1.54, 1.807) is 7.05 Å². The maximum atomic E-state index is 12.6. The number of nitrogens with zero attached hydrogens (tertiary/aromatic N) is 2. The lowest BCUT2D eigenvalue weighted by Crippen LogP contribution is -2.27. The Labute approximate surface area is 173 Å². The van der Waals surface area contributed by atoms with Crippen LogP contribution >= 0.6 is 27.3 Å². The van der Waals surface area contributed by atoms with Gasteiger partial charge in [-0.15, -0.1) is 11.3 Å². The molecule has 0 saturated carbocycles. The SMILES string of the molecule is CN(Cc1ccc(C(F)(F)F)cc1)C(=O)Cc1csc(-c2cccc(Br)c2)n1. The maximum Gasteiger partial charge on any atom is 0.416 e. The Balaban J connectivity index is 1.62. The monoisotopic (exact) mass is 468 g/mol. The van der Waals surface area contributed by atoms with Crippen LogP contribution in [0.2, 0.25) is 0 Å². The summed E-state index contributed by atoms with van der Waals surface area (Å²) in [6.45, 7) is 0.236. The molecule has 0 aliphatic carbocycles. The third kappa shape index (κ3) is 5.20. The molecule has 1 aromatic heterocycles. The predicted octanol–water partition coefficient (Wildman–Crippen LogP) is 5.79. The minimum absolute atomic E-state index is 0.141. The lowest BCUT2D eigenvalue weighted by atomic mass is 10.1. The van der Waals surface area contributed by atoms with Crippen LogP contribution in [0.25, 0.3) is 10.6 Å². The van der Waals surface area contributed by atoms with Crippen LogP contribution in [-0.4, -0.2) is 22.8 Å². The molecule has 0 fully saturated rings. The second kappa shape index (κ2) is 8.45. The van der Waals surface area contributed by atoms with E-state index >= 15 is 0 Å². The van der Waals surface area contributed by atoms with E-state index in [0.717, 1.165) is 27.2 Å². The van der Waals surface area contributed by atoms with E-state index in [1.165, 1.54) is 28.4 Å². The standard InChI is InChI=1S/C20H16BrF3N2OS/c1-26(11-13-5-7-15(8-6-13)20(22,23)24)18(27)10-17-12-28-19(25-17)14-3-2-4-16(21)9-14/h2-9,12H,10-11H2,1H3. The van der Waals surface area contributed by atoms with Crippen LogP contribution in [0.3, 0.4) is 0 Å². The Morgan fingerprint density at radius 2 is 1.89 bits per heavy atom. The minimum Gasteiger partial charge on any atom is -0.341 e. The fourth-order valence-corrected chi connectivity index (χ4v) is 3.81. The topological polar surface area (TPSA) is 33.2 Å². The van der Waals surface area contributed by atoms with E-state index in [9.17, 15) is 18.0 Å². The number of benzene rings is 2. The summed E-state index contributed by atoms with van der Waals surface area (Å²) in [5.41, 5.74) is 1.57. The molecule has 0 radical (unpaired) electrons. The number of carbonyl (C=O) groups excluding carboxylic acids is 1. The molecule has 0 bridgehead atoms. The number of likely N-dealkylation sites (N-methyl/N-ethyl adjacent to an activating group) is 1. The molecule has 3 nitrogen and oxygen atoms in total. The molecule has 1 amide bonds. The number of halogens is 4. The first-order chi connectivity index (χ1) is 13.2. The number of rotatable bonds is 5. The summed E-state index contributed by atoms with van der Waals surface area (Å²) in [5.74, 6) is -0.147. The molecule has 0 N–H and O–H groups in total. The van der Waals surface area contributed by atoms with E-state index in [0.29, 0.717) is 11.3 Å². The van der Waals surface area contributed by atoms with Gasteiger partial charge in [-0.05, 0) is 29.8 Å². The van der Waals surface area contributed by atoms with Crippen molar-refractivity contribution < 1.29 is 18.0 Å². The van der Waals surface area contributed by atoms with Gasteiger partial charge in [0.2, 0.25) is 5.91 Å². The first-order valence-corrected chi connectivity index (χ1v) is 10.00. The van der Waals surface area contributed by atoms with Crippen molar-refractivity contribution >= 4 is 33.2 Å². The second-order valence-electron chi connectivity index (χ2n) is 6.28. The van der Waals surface area contributed by atoms with Gasteiger partial charge in [0.15, 0.2) is 0 Å². The van der Waals surface area contributed by atoms with E-state index in [1.807, 2.05) is 29.6 Å². The lowest BCUT2D eigenvalue weighted by molar-refractivity contribution is -0.137. The first-order valence-electron chi connectivity index (χ1n) is 8.33. The van der Waals surface area contributed by atoms with Gasteiger partial charge in [-0.3, -0.25) is 4.79 Å². The molecule has 1 heterocycles. The summed E-state index contributed by atoms with van der Waals surface area (Å²) in [7, 11) is 1.63. The van der Waals surface area contributed by atoms with Crippen molar-refractivity contribution in [1.29, 1.82) is 0 Å². The average molecular weight is 469 g/mol. The largest absolute Gasteiger partial charge is 0.416 e. The average Bonchev–Trinajstić information content (AvgIpc) is 3.10. The number of amides is 1. The summed E-state index contributed by atoms with van der Waals surface area (Å²) in [6, 6.07) is 12.6. The summed E-state index contributed by atoms with van der Waals surface area (Å²) >= 11 is 4.89. The third-order valence-corrected chi connectivity index (χ3v) is 5.52. The van der Waals surface area contributed by atoms with Crippen molar-refractivity contribution in [2.75, 3.05) is 7.05 Å². The predicted molar refractivity (Wildman–Crippen MR) is 107 cm³/mol. The molecule has 3 rings (SSSR count). The molecule has 0 atom stereocenters. The molecule has 0 saturated heterocycles. The lowest BCUT2D eigenvalue weighted by Gasteiger charge is -2.17. The van der Waals surface area contributed by atoms with Crippen molar-refractivity contribution in [3.05, 3.63) is 75.2 Å². The Morgan fingerprint density at radius 1 is 1.18 bits per heavy atom. The normalized spacial score (nSPS) is 11.5. The second-order valence-corrected chi connectivity index (χ2v) is 8.05. The molecule has 8 heteroatoms. The number of aromatic nitrogens is 1. The number of hydrogen-bond donors (Lipinski definition) is 0. The fourth-order valence-electron chi connectivity index (χ4n) is 2.59. The molecular formula is C20H16BrF3N2OS. The molecule has 3 aromatic rings. The highest BCUT2D eigenvalue weighted by molar-refractivity contribution is 9.10. The van der Waals surface area contributed by atoms with Crippen LogP contribution < -0.4 is 0 Å². The smallest absolute Gasteiger partial charge is 0.341 e. The molecule has 0 aliphatic rings. The number of thiazole rings is 1. The third-order valence-electron chi connectivity index (χ3n) is 4.08. The molecule has 0 spiro atoms. The van der Waals surface area contributed by atoms with Crippen LogP contribution in [0.5, 0.6) is 0 Å². The molecule has 2 aromatic carbocycles. The maximum absolute atomic E-state index is 12.6. The Morgan fingerprint density at radius 3 is 2.54 bits per heavy atom.